The van der Waals surface area contributed by atoms with E-state index in [0.717, 1.165) is 17.3 Å². The van der Waals surface area contributed by atoms with Crippen molar-refractivity contribution in [2.24, 2.45) is 5.92 Å². The van der Waals surface area contributed by atoms with Crippen LogP contribution in [0.1, 0.15) is 44.6 Å². The zero-order valence-electron chi connectivity index (χ0n) is 10.0. The van der Waals surface area contributed by atoms with Crippen LogP contribution in [0.25, 0.3) is 0 Å². The van der Waals surface area contributed by atoms with Gasteiger partial charge in [0.2, 0.25) is 0 Å². The average Bonchev–Trinajstić information content (AvgIpc) is 2.32. The molecule has 2 heteroatoms. The first-order valence-electron chi connectivity index (χ1n) is 6.03. The molecule has 1 rings (SSSR count). The molecule has 1 aromatic carbocycles. The van der Waals surface area contributed by atoms with Crippen molar-refractivity contribution < 1.29 is 4.39 Å². The van der Waals surface area contributed by atoms with Crippen molar-refractivity contribution in [1.29, 1.82) is 0 Å². The van der Waals surface area contributed by atoms with Gasteiger partial charge in [-0.2, -0.15) is 0 Å². The van der Waals surface area contributed by atoms with Gasteiger partial charge in [-0.05, 0) is 29.9 Å². The second kappa shape index (κ2) is 7.05. The first kappa shape index (κ1) is 13.7. The summed E-state index contributed by atoms with van der Waals surface area (Å²) in [5, 5.41) is 0.838. The summed E-state index contributed by atoms with van der Waals surface area (Å²) in [4.78, 5) is 0. The fourth-order valence-electron chi connectivity index (χ4n) is 2.10. The van der Waals surface area contributed by atoms with Gasteiger partial charge in [0.05, 0.1) is 0 Å². The number of benzene rings is 1. The summed E-state index contributed by atoms with van der Waals surface area (Å²) in [6.45, 7) is 4.42. The predicted molar refractivity (Wildman–Crippen MR) is 71.6 cm³/mol. The molecule has 0 aliphatic carbocycles. The lowest BCUT2D eigenvalue weighted by molar-refractivity contribution is 0.419. The van der Waals surface area contributed by atoms with Crippen LogP contribution in [0.15, 0.2) is 24.3 Å². The average molecular weight is 287 g/mol. The summed E-state index contributed by atoms with van der Waals surface area (Å²) in [5.41, 5.74) is 0.853. The van der Waals surface area contributed by atoms with Gasteiger partial charge in [-0.15, -0.1) is 0 Å². The van der Waals surface area contributed by atoms with Crippen LogP contribution in [-0.4, -0.2) is 5.33 Å². The van der Waals surface area contributed by atoms with Gasteiger partial charge in [-0.1, -0.05) is 60.8 Å². The van der Waals surface area contributed by atoms with Crippen molar-refractivity contribution in [3.05, 3.63) is 35.6 Å². The summed E-state index contributed by atoms with van der Waals surface area (Å²) in [6, 6.07) is 7.13. The molecular weight excluding hydrogens is 267 g/mol. The van der Waals surface area contributed by atoms with Crippen molar-refractivity contribution in [3.63, 3.8) is 0 Å². The highest BCUT2D eigenvalue weighted by atomic mass is 79.9. The monoisotopic (exact) mass is 286 g/mol. The smallest absolute Gasteiger partial charge is 0.126 e. The van der Waals surface area contributed by atoms with Gasteiger partial charge in [-0.25, -0.2) is 4.39 Å². The second-order valence-electron chi connectivity index (χ2n) is 4.29. The maximum absolute atomic E-state index is 13.7. The molecule has 1 aromatic rings. The highest BCUT2D eigenvalue weighted by Crippen LogP contribution is 2.30. The number of hydrogen-bond donors (Lipinski definition) is 0. The molecular formula is C14H20BrF. The molecule has 1 atom stereocenters. The molecule has 0 amide bonds. The molecule has 0 nitrogen and oxygen atoms in total. The first-order valence-corrected chi connectivity index (χ1v) is 7.15. The maximum Gasteiger partial charge on any atom is 0.126 e. The van der Waals surface area contributed by atoms with Crippen LogP contribution in [0.3, 0.4) is 0 Å². The Kier molecular flexibility index (Phi) is 6.04. The number of halogens is 2. The number of hydrogen-bond acceptors (Lipinski definition) is 0. The minimum Gasteiger partial charge on any atom is -0.207 e. The molecule has 0 aromatic heterocycles. The topological polar surface area (TPSA) is 0 Å². The number of alkyl halides is 1. The van der Waals surface area contributed by atoms with Crippen LogP contribution < -0.4 is 0 Å². The minimum absolute atomic E-state index is 0.0714. The van der Waals surface area contributed by atoms with Gasteiger partial charge < -0.3 is 0 Å². The Bertz CT molecular complexity index is 307. The molecule has 0 aliphatic rings. The summed E-state index contributed by atoms with van der Waals surface area (Å²) in [7, 11) is 0. The second-order valence-corrected chi connectivity index (χ2v) is 4.94. The fraction of sp³-hybridized carbons (Fsp3) is 0.571. The maximum atomic E-state index is 13.7. The number of rotatable bonds is 6. The summed E-state index contributed by atoms with van der Waals surface area (Å²) >= 11 is 3.51. The molecule has 0 bridgehead atoms. The molecule has 1 unspecified atom stereocenters. The fourth-order valence-corrected chi connectivity index (χ4v) is 2.72. The van der Waals surface area contributed by atoms with Crippen molar-refractivity contribution in [2.45, 2.75) is 39.0 Å². The van der Waals surface area contributed by atoms with Crippen LogP contribution in [0.2, 0.25) is 0 Å². The highest BCUT2D eigenvalue weighted by molar-refractivity contribution is 9.09. The van der Waals surface area contributed by atoms with Crippen molar-refractivity contribution in [3.8, 4) is 0 Å². The van der Waals surface area contributed by atoms with E-state index in [4.69, 9.17) is 0 Å². The Labute approximate surface area is 106 Å². The van der Waals surface area contributed by atoms with E-state index in [0.29, 0.717) is 11.8 Å². The van der Waals surface area contributed by atoms with Crippen LogP contribution in [-0.2, 0) is 0 Å². The summed E-state index contributed by atoms with van der Waals surface area (Å²) in [5.74, 6) is 0.922. The van der Waals surface area contributed by atoms with Gasteiger partial charge in [0.15, 0.2) is 0 Å². The zero-order valence-corrected chi connectivity index (χ0v) is 11.6. The van der Waals surface area contributed by atoms with E-state index in [1.54, 1.807) is 12.1 Å². The van der Waals surface area contributed by atoms with E-state index in [2.05, 4.69) is 29.8 Å². The SMILES string of the molecule is CCC(CC)CC(CBr)c1ccccc1F. The quantitative estimate of drug-likeness (QED) is 0.636. The third-order valence-corrected chi connectivity index (χ3v) is 4.09. The third-order valence-electron chi connectivity index (χ3n) is 3.30. The molecule has 0 aliphatic heterocycles. The first-order chi connectivity index (χ1) is 7.72. The van der Waals surface area contributed by atoms with E-state index >= 15 is 0 Å². The van der Waals surface area contributed by atoms with Crippen LogP contribution in [0.5, 0.6) is 0 Å². The lowest BCUT2D eigenvalue weighted by Gasteiger charge is -2.20. The van der Waals surface area contributed by atoms with E-state index in [-0.39, 0.29) is 5.82 Å². The summed E-state index contributed by atoms with van der Waals surface area (Å²) in [6.07, 6.45) is 3.42. The molecule has 0 saturated carbocycles. The molecule has 0 fully saturated rings. The van der Waals surface area contributed by atoms with Gasteiger partial charge in [0.1, 0.15) is 5.82 Å². The molecule has 16 heavy (non-hydrogen) atoms. The lowest BCUT2D eigenvalue weighted by Crippen LogP contribution is -2.09. The zero-order chi connectivity index (χ0) is 12.0. The van der Waals surface area contributed by atoms with Crippen LogP contribution >= 0.6 is 15.9 Å². The standard InChI is InChI=1S/C14H20BrF/c1-3-11(4-2)9-12(10-15)13-7-5-6-8-14(13)16/h5-8,11-12H,3-4,9-10H2,1-2H3. The minimum atomic E-state index is -0.0714. The van der Waals surface area contributed by atoms with Crippen LogP contribution in [0, 0.1) is 11.7 Å². The van der Waals surface area contributed by atoms with E-state index in [1.165, 1.54) is 12.8 Å². The normalized spacial score (nSPS) is 13.1. The Morgan fingerprint density at radius 2 is 1.81 bits per heavy atom. The Morgan fingerprint density at radius 1 is 1.19 bits per heavy atom. The van der Waals surface area contributed by atoms with Gasteiger partial charge >= 0.3 is 0 Å². The Balaban J connectivity index is 2.78. The van der Waals surface area contributed by atoms with Crippen molar-refractivity contribution in [1.82, 2.24) is 0 Å². The highest BCUT2D eigenvalue weighted by Gasteiger charge is 2.17. The molecule has 0 spiro atoms. The molecule has 0 radical (unpaired) electrons. The van der Waals surface area contributed by atoms with Crippen LogP contribution in [0.4, 0.5) is 4.39 Å². The summed E-state index contributed by atoms with van der Waals surface area (Å²) < 4.78 is 13.7. The molecule has 0 saturated heterocycles. The van der Waals surface area contributed by atoms with Gasteiger partial charge in [0, 0.05) is 5.33 Å². The van der Waals surface area contributed by atoms with E-state index < -0.39 is 0 Å². The predicted octanol–water partition coefficient (Wildman–Crippen LogP) is 5.13. The van der Waals surface area contributed by atoms with Gasteiger partial charge in [0.25, 0.3) is 0 Å². The Hall–Kier alpha value is -0.370. The molecule has 0 heterocycles. The third kappa shape index (κ3) is 3.58. The lowest BCUT2D eigenvalue weighted by atomic mass is 9.87. The van der Waals surface area contributed by atoms with E-state index in [1.807, 2.05) is 12.1 Å². The molecule has 90 valence electrons. The van der Waals surface area contributed by atoms with Crippen molar-refractivity contribution in [2.75, 3.05) is 5.33 Å². The Morgan fingerprint density at radius 3 is 2.31 bits per heavy atom. The van der Waals surface area contributed by atoms with Gasteiger partial charge in [-0.3, -0.25) is 0 Å². The largest absolute Gasteiger partial charge is 0.207 e. The van der Waals surface area contributed by atoms with Crippen molar-refractivity contribution >= 4 is 15.9 Å². The molecule has 0 N–H and O–H groups in total. The van der Waals surface area contributed by atoms with E-state index in [9.17, 15) is 4.39 Å².